The molecule has 11 rings (SSSR count). The number of benzene rings is 11. The lowest BCUT2D eigenvalue weighted by atomic mass is 9.85. The van der Waals surface area contributed by atoms with Crippen LogP contribution in [0.2, 0.25) is 0 Å². The number of rotatable bonds is 9. The third-order valence-corrected chi connectivity index (χ3v) is 12.3. The van der Waals surface area contributed by atoms with Crippen LogP contribution in [0.15, 0.2) is 261 Å². The minimum atomic E-state index is 1.08. The fourth-order valence-corrected chi connectivity index (χ4v) is 9.28. The third kappa shape index (κ3) is 7.26. The van der Waals surface area contributed by atoms with Crippen LogP contribution in [-0.2, 0) is 0 Å². The van der Waals surface area contributed by atoms with Crippen LogP contribution in [-0.4, -0.2) is 0 Å². The molecule has 0 N–H and O–H groups in total. The second-order valence-electron chi connectivity index (χ2n) is 16.0. The lowest BCUT2D eigenvalue weighted by molar-refractivity contribution is 1.29. The van der Waals surface area contributed by atoms with Crippen molar-refractivity contribution in [3.63, 3.8) is 0 Å². The van der Waals surface area contributed by atoms with Gasteiger partial charge in [0.15, 0.2) is 0 Å². The van der Waals surface area contributed by atoms with Gasteiger partial charge in [0.1, 0.15) is 0 Å². The first kappa shape index (κ1) is 37.7. The Labute approximate surface area is 369 Å². The van der Waals surface area contributed by atoms with Crippen LogP contribution in [0, 0.1) is 0 Å². The summed E-state index contributed by atoms with van der Waals surface area (Å²) in [5.41, 5.74) is 17.8. The molecule has 0 amide bonds. The number of hydrogen-bond acceptors (Lipinski definition) is 1. The smallest absolute Gasteiger partial charge is 0.0468 e. The van der Waals surface area contributed by atoms with E-state index in [0.717, 1.165) is 17.1 Å². The lowest BCUT2D eigenvalue weighted by Crippen LogP contribution is -2.10. The van der Waals surface area contributed by atoms with Crippen molar-refractivity contribution in [2.75, 3.05) is 4.90 Å². The monoisotopic (exact) mass is 801 g/mol. The van der Waals surface area contributed by atoms with Gasteiger partial charge in [0.2, 0.25) is 0 Å². The maximum atomic E-state index is 2.41. The molecule has 0 aliphatic carbocycles. The molecule has 11 aromatic carbocycles. The van der Waals surface area contributed by atoms with Gasteiger partial charge >= 0.3 is 0 Å². The van der Waals surface area contributed by atoms with Crippen molar-refractivity contribution in [3.05, 3.63) is 261 Å². The van der Waals surface area contributed by atoms with E-state index in [-0.39, 0.29) is 0 Å². The van der Waals surface area contributed by atoms with Gasteiger partial charge in [-0.15, -0.1) is 0 Å². The molecule has 0 heterocycles. The Kier molecular flexibility index (Phi) is 9.97. The summed E-state index contributed by atoms with van der Waals surface area (Å²) in [6.07, 6.45) is 0. The molecule has 0 atom stereocenters. The Morgan fingerprint density at radius 2 is 0.603 bits per heavy atom. The Morgan fingerprint density at radius 3 is 1.21 bits per heavy atom. The van der Waals surface area contributed by atoms with Crippen molar-refractivity contribution in [1.29, 1.82) is 0 Å². The van der Waals surface area contributed by atoms with Gasteiger partial charge in [-0.1, -0.05) is 218 Å². The van der Waals surface area contributed by atoms with Crippen molar-refractivity contribution >= 4 is 38.6 Å². The van der Waals surface area contributed by atoms with E-state index in [4.69, 9.17) is 0 Å². The maximum Gasteiger partial charge on any atom is 0.0468 e. The van der Waals surface area contributed by atoms with Crippen LogP contribution in [0.3, 0.4) is 0 Å². The van der Waals surface area contributed by atoms with E-state index in [1.54, 1.807) is 0 Å². The normalized spacial score (nSPS) is 11.2. The van der Waals surface area contributed by atoms with Crippen LogP contribution in [0.4, 0.5) is 17.1 Å². The zero-order valence-electron chi connectivity index (χ0n) is 34.8. The molecule has 0 unspecified atom stereocenters. The molecule has 1 nitrogen and oxygen atoms in total. The summed E-state index contributed by atoms with van der Waals surface area (Å²) in [4.78, 5) is 2.41. The fourth-order valence-electron chi connectivity index (χ4n) is 9.28. The summed E-state index contributed by atoms with van der Waals surface area (Å²) in [6.45, 7) is 0. The molecular weight excluding hydrogens is 759 g/mol. The third-order valence-electron chi connectivity index (χ3n) is 12.3. The van der Waals surface area contributed by atoms with Crippen molar-refractivity contribution in [3.8, 4) is 66.8 Å². The Balaban J connectivity index is 1.09. The van der Waals surface area contributed by atoms with Gasteiger partial charge in [-0.2, -0.15) is 0 Å². The number of nitrogens with zero attached hydrogens (tertiary/aromatic N) is 1. The molecule has 0 saturated heterocycles. The highest BCUT2D eigenvalue weighted by Crippen LogP contribution is 2.47. The molecule has 0 spiro atoms. The van der Waals surface area contributed by atoms with Crippen LogP contribution in [0.5, 0.6) is 0 Å². The molecule has 1 heteroatoms. The van der Waals surface area contributed by atoms with Gasteiger partial charge in [-0.3, -0.25) is 0 Å². The van der Waals surface area contributed by atoms with Gasteiger partial charge in [0, 0.05) is 17.1 Å². The van der Waals surface area contributed by atoms with Crippen LogP contribution < -0.4 is 4.90 Å². The highest BCUT2D eigenvalue weighted by atomic mass is 15.1. The van der Waals surface area contributed by atoms with Crippen molar-refractivity contribution in [2.45, 2.75) is 0 Å². The molecule has 296 valence electrons. The van der Waals surface area contributed by atoms with Crippen molar-refractivity contribution in [1.82, 2.24) is 0 Å². The van der Waals surface area contributed by atoms with Crippen LogP contribution >= 0.6 is 0 Å². The van der Waals surface area contributed by atoms with Crippen LogP contribution in [0.1, 0.15) is 0 Å². The van der Waals surface area contributed by atoms with Gasteiger partial charge in [0.25, 0.3) is 0 Å². The minimum absolute atomic E-state index is 1.08. The number of hydrogen-bond donors (Lipinski definition) is 0. The predicted molar refractivity (Wildman–Crippen MR) is 269 cm³/mol. The van der Waals surface area contributed by atoms with Crippen molar-refractivity contribution in [2.24, 2.45) is 0 Å². The quantitative estimate of drug-likeness (QED) is 0.131. The Hall–Kier alpha value is -8.26. The van der Waals surface area contributed by atoms with Gasteiger partial charge < -0.3 is 4.90 Å². The number of fused-ring (bicyclic) bond motifs is 3. The first-order chi connectivity index (χ1) is 31.3. The van der Waals surface area contributed by atoms with E-state index in [0.29, 0.717) is 0 Å². The minimum Gasteiger partial charge on any atom is -0.310 e. The molecule has 0 saturated carbocycles. The average molecular weight is 802 g/mol. The Bertz CT molecular complexity index is 3340. The Morgan fingerprint density at radius 1 is 0.190 bits per heavy atom. The molecular formula is C62H43N. The largest absolute Gasteiger partial charge is 0.310 e. The molecule has 11 aromatic rings. The molecule has 63 heavy (non-hydrogen) atoms. The molecule has 0 bridgehead atoms. The van der Waals surface area contributed by atoms with E-state index >= 15 is 0 Å². The lowest BCUT2D eigenvalue weighted by Gasteiger charge is -2.27. The molecule has 0 aromatic heterocycles. The number of anilines is 3. The average Bonchev–Trinajstić information content (AvgIpc) is 3.37. The van der Waals surface area contributed by atoms with E-state index in [1.165, 1.54) is 88.3 Å². The summed E-state index contributed by atoms with van der Waals surface area (Å²) >= 11 is 0. The van der Waals surface area contributed by atoms with Gasteiger partial charge in [-0.25, -0.2) is 0 Å². The summed E-state index contributed by atoms with van der Waals surface area (Å²) in [7, 11) is 0. The molecule has 0 aliphatic heterocycles. The first-order valence-corrected chi connectivity index (χ1v) is 21.7. The highest BCUT2D eigenvalue weighted by Gasteiger charge is 2.21. The SMILES string of the molecule is c1ccc(-c2cccc(N(c3ccc(-c4ccc(-c5ccccc5)c(-c5ccccc5)c4)cc3)c3ccc4c(-c5ccccc5)c(-c5ccccc5)c5ccccc5c4c3)c2)cc1. The predicted octanol–water partition coefficient (Wildman–Crippen LogP) is 17.5. The highest BCUT2D eigenvalue weighted by molar-refractivity contribution is 6.22. The zero-order valence-corrected chi connectivity index (χ0v) is 34.8. The van der Waals surface area contributed by atoms with Gasteiger partial charge in [0.05, 0.1) is 0 Å². The molecule has 0 fully saturated rings. The van der Waals surface area contributed by atoms with Crippen LogP contribution in [0.25, 0.3) is 88.3 Å². The topological polar surface area (TPSA) is 3.24 Å². The fraction of sp³-hybridized carbons (Fsp3) is 0. The second kappa shape index (κ2) is 16.7. The zero-order chi connectivity index (χ0) is 42.0. The maximum absolute atomic E-state index is 2.41. The van der Waals surface area contributed by atoms with E-state index in [1.807, 2.05) is 0 Å². The first-order valence-electron chi connectivity index (χ1n) is 21.7. The summed E-state index contributed by atoms with van der Waals surface area (Å²) < 4.78 is 0. The standard InChI is InChI=1S/C62H43N/c1-6-19-44(20-7-1)50-29-18-30-53(41-50)63(52-36-33-45(34-37-52)51-35-39-55(46-21-8-2-9-22-46)59(42-51)47-23-10-3-11-24-47)54-38-40-58-60(43-54)56-31-16-17-32-57(56)61(48-25-12-4-13-26-48)62(58)49-27-14-5-15-28-49/h1-43H. The summed E-state index contributed by atoms with van der Waals surface area (Å²) in [6, 6.07) is 94.6. The summed E-state index contributed by atoms with van der Waals surface area (Å²) in [5, 5.41) is 4.91. The van der Waals surface area contributed by atoms with Gasteiger partial charge in [-0.05, 0) is 131 Å². The van der Waals surface area contributed by atoms with E-state index < -0.39 is 0 Å². The molecule has 0 radical (unpaired) electrons. The van der Waals surface area contributed by atoms with E-state index in [2.05, 4.69) is 266 Å². The second-order valence-corrected chi connectivity index (χ2v) is 16.0. The summed E-state index contributed by atoms with van der Waals surface area (Å²) in [5.74, 6) is 0. The van der Waals surface area contributed by atoms with Crippen molar-refractivity contribution < 1.29 is 0 Å². The van der Waals surface area contributed by atoms with E-state index in [9.17, 15) is 0 Å². The molecule has 0 aliphatic rings.